The number of hydrogen-bond donors (Lipinski definition) is 0. The first-order valence-electron chi connectivity index (χ1n) is 5.26. The predicted molar refractivity (Wildman–Crippen MR) is 54.5 cm³/mol. The second-order valence-corrected chi connectivity index (χ2v) is 3.57. The number of allylic oxidation sites excluding steroid dienone is 1. The molecule has 13 heavy (non-hydrogen) atoms. The van der Waals surface area contributed by atoms with Crippen molar-refractivity contribution in [1.29, 1.82) is 0 Å². The fraction of sp³-hybridized carbons (Fsp3) is 0.727. The van der Waals surface area contributed by atoms with Crippen molar-refractivity contribution in [3.05, 3.63) is 12.2 Å². The van der Waals surface area contributed by atoms with Crippen molar-refractivity contribution < 1.29 is 4.79 Å². The molecule has 0 aromatic carbocycles. The first-order chi connectivity index (χ1) is 6.29. The Morgan fingerprint density at radius 1 is 1.46 bits per heavy atom. The molecule has 0 saturated heterocycles. The van der Waals surface area contributed by atoms with Crippen molar-refractivity contribution in [1.82, 2.24) is 4.90 Å². The van der Waals surface area contributed by atoms with E-state index < -0.39 is 0 Å². The quantitative estimate of drug-likeness (QED) is 0.596. The predicted octanol–water partition coefficient (Wildman–Crippen LogP) is 2.35. The zero-order valence-corrected chi connectivity index (χ0v) is 8.62. The summed E-state index contributed by atoms with van der Waals surface area (Å²) < 4.78 is 0. The molecule has 0 aromatic heterocycles. The molecule has 1 amide bonds. The summed E-state index contributed by atoms with van der Waals surface area (Å²) >= 11 is 0. The summed E-state index contributed by atoms with van der Waals surface area (Å²) in [6.07, 6.45) is 8.05. The number of hydrogen-bond acceptors (Lipinski definition) is 1. The van der Waals surface area contributed by atoms with Gasteiger partial charge in [0.25, 0.3) is 0 Å². The second-order valence-electron chi connectivity index (χ2n) is 3.57. The minimum Gasteiger partial charge on any atom is -0.336 e. The van der Waals surface area contributed by atoms with Crippen LogP contribution in [-0.2, 0) is 4.79 Å². The Kier molecular flexibility index (Phi) is 4.00. The lowest BCUT2D eigenvalue weighted by molar-refractivity contribution is -0.126. The lowest BCUT2D eigenvalue weighted by Crippen LogP contribution is -2.32. The van der Waals surface area contributed by atoms with Crippen LogP contribution in [0.1, 0.15) is 39.5 Å². The van der Waals surface area contributed by atoms with Crippen molar-refractivity contribution in [2.45, 2.75) is 45.6 Å². The maximum absolute atomic E-state index is 11.6. The molecule has 2 heteroatoms. The van der Waals surface area contributed by atoms with Gasteiger partial charge in [-0.2, -0.15) is 0 Å². The van der Waals surface area contributed by atoms with Gasteiger partial charge in [0.1, 0.15) is 0 Å². The average molecular weight is 181 g/mol. The van der Waals surface area contributed by atoms with E-state index in [1.165, 1.54) is 12.8 Å². The largest absolute Gasteiger partial charge is 0.336 e. The van der Waals surface area contributed by atoms with Crippen LogP contribution in [0.4, 0.5) is 0 Å². The van der Waals surface area contributed by atoms with Gasteiger partial charge in [-0.1, -0.05) is 19.9 Å². The zero-order valence-electron chi connectivity index (χ0n) is 8.62. The summed E-state index contributed by atoms with van der Waals surface area (Å²) in [5.41, 5.74) is 0. The van der Waals surface area contributed by atoms with E-state index in [1.54, 1.807) is 6.08 Å². The first-order valence-corrected chi connectivity index (χ1v) is 5.26. The van der Waals surface area contributed by atoms with Crippen molar-refractivity contribution >= 4 is 5.91 Å². The maximum Gasteiger partial charge on any atom is 0.246 e. The number of carbonyl (C=O) groups is 1. The molecule has 0 N–H and O–H groups in total. The Morgan fingerprint density at radius 3 is 2.62 bits per heavy atom. The molecule has 1 aliphatic carbocycles. The van der Waals surface area contributed by atoms with Gasteiger partial charge in [-0.05, 0) is 31.8 Å². The van der Waals surface area contributed by atoms with Gasteiger partial charge in [0.15, 0.2) is 0 Å². The van der Waals surface area contributed by atoms with Gasteiger partial charge in [-0.25, -0.2) is 0 Å². The lowest BCUT2D eigenvalue weighted by atomic mass is 10.3. The highest BCUT2D eigenvalue weighted by molar-refractivity contribution is 5.88. The van der Waals surface area contributed by atoms with E-state index in [2.05, 4.69) is 6.92 Å². The van der Waals surface area contributed by atoms with Gasteiger partial charge in [0, 0.05) is 12.6 Å². The van der Waals surface area contributed by atoms with Crippen molar-refractivity contribution in [2.75, 3.05) is 6.54 Å². The highest BCUT2D eigenvalue weighted by Crippen LogP contribution is 2.27. The molecule has 1 rings (SSSR count). The topological polar surface area (TPSA) is 20.3 Å². The summed E-state index contributed by atoms with van der Waals surface area (Å²) in [6, 6.07) is 0.550. The van der Waals surface area contributed by atoms with E-state index in [1.807, 2.05) is 17.9 Å². The van der Waals surface area contributed by atoms with E-state index in [-0.39, 0.29) is 5.91 Å². The Hall–Kier alpha value is -0.790. The molecule has 0 aliphatic heterocycles. The number of nitrogens with zero attached hydrogens (tertiary/aromatic N) is 1. The monoisotopic (exact) mass is 181 g/mol. The Balaban J connectivity index is 2.43. The number of carbonyl (C=O) groups excluding carboxylic acids is 1. The van der Waals surface area contributed by atoms with Gasteiger partial charge in [-0.15, -0.1) is 0 Å². The van der Waals surface area contributed by atoms with Crippen molar-refractivity contribution in [2.24, 2.45) is 0 Å². The Bertz CT molecular complexity index is 194. The van der Waals surface area contributed by atoms with Crippen LogP contribution in [0.5, 0.6) is 0 Å². The van der Waals surface area contributed by atoms with Crippen LogP contribution >= 0.6 is 0 Å². The van der Waals surface area contributed by atoms with Crippen LogP contribution in [0.3, 0.4) is 0 Å². The van der Waals surface area contributed by atoms with E-state index in [9.17, 15) is 4.79 Å². The van der Waals surface area contributed by atoms with E-state index in [0.29, 0.717) is 6.04 Å². The van der Waals surface area contributed by atoms with Crippen LogP contribution in [0.25, 0.3) is 0 Å². The van der Waals surface area contributed by atoms with E-state index in [4.69, 9.17) is 0 Å². The molecule has 0 bridgehead atoms. The molecule has 0 radical (unpaired) electrons. The van der Waals surface area contributed by atoms with Crippen LogP contribution in [-0.4, -0.2) is 23.4 Å². The summed E-state index contributed by atoms with van der Waals surface area (Å²) in [6.45, 7) is 5.08. The summed E-state index contributed by atoms with van der Waals surface area (Å²) in [5.74, 6) is 0.200. The third-order valence-corrected chi connectivity index (χ3v) is 2.23. The van der Waals surface area contributed by atoms with Crippen LogP contribution in [0.15, 0.2) is 12.2 Å². The van der Waals surface area contributed by atoms with Crippen LogP contribution in [0, 0.1) is 0 Å². The minimum absolute atomic E-state index is 0.200. The minimum atomic E-state index is 0.200. The van der Waals surface area contributed by atoms with Gasteiger partial charge < -0.3 is 4.90 Å². The van der Waals surface area contributed by atoms with Crippen LogP contribution in [0.2, 0.25) is 0 Å². The molecular weight excluding hydrogens is 162 g/mol. The normalized spacial score (nSPS) is 16.5. The molecule has 1 saturated carbocycles. The highest BCUT2D eigenvalue weighted by Gasteiger charge is 2.30. The second kappa shape index (κ2) is 5.05. The number of amides is 1. The van der Waals surface area contributed by atoms with Crippen molar-refractivity contribution in [3.8, 4) is 0 Å². The maximum atomic E-state index is 11.6. The Morgan fingerprint density at radius 2 is 2.15 bits per heavy atom. The third-order valence-electron chi connectivity index (χ3n) is 2.23. The SMILES string of the molecule is CCC=CC(=O)N(CCC)C1CC1. The molecule has 0 heterocycles. The molecule has 1 fully saturated rings. The van der Waals surface area contributed by atoms with Gasteiger partial charge in [0.2, 0.25) is 5.91 Å². The highest BCUT2D eigenvalue weighted by atomic mass is 16.2. The third kappa shape index (κ3) is 3.21. The van der Waals surface area contributed by atoms with E-state index >= 15 is 0 Å². The molecule has 2 nitrogen and oxygen atoms in total. The summed E-state index contributed by atoms with van der Waals surface area (Å²) in [7, 11) is 0. The average Bonchev–Trinajstić information content (AvgIpc) is 2.93. The molecule has 0 aromatic rings. The van der Waals surface area contributed by atoms with Gasteiger partial charge >= 0.3 is 0 Å². The fourth-order valence-corrected chi connectivity index (χ4v) is 1.41. The Labute approximate surface area is 80.6 Å². The lowest BCUT2D eigenvalue weighted by Gasteiger charge is -2.19. The fourth-order valence-electron chi connectivity index (χ4n) is 1.41. The standard InChI is InChI=1S/C11H19NO/c1-3-5-6-11(13)12(9-4-2)10-7-8-10/h5-6,10H,3-4,7-9H2,1-2H3. The molecule has 0 spiro atoms. The molecule has 0 atom stereocenters. The molecule has 1 aliphatic rings. The summed E-state index contributed by atoms with van der Waals surface area (Å²) in [5, 5.41) is 0. The zero-order chi connectivity index (χ0) is 9.68. The molecule has 74 valence electrons. The van der Waals surface area contributed by atoms with Crippen LogP contribution < -0.4 is 0 Å². The summed E-state index contributed by atoms with van der Waals surface area (Å²) in [4.78, 5) is 13.6. The number of rotatable bonds is 5. The van der Waals surface area contributed by atoms with Gasteiger partial charge in [-0.3, -0.25) is 4.79 Å². The smallest absolute Gasteiger partial charge is 0.246 e. The van der Waals surface area contributed by atoms with Crippen molar-refractivity contribution in [3.63, 3.8) is 0 Å². The molecule has 0 unspecified atom stereocenters. The molecular formula is C11H19NO. The van der Waals surface area contributed by atoms with Gasteiger partial charge in [0.05, 0.1) is 0 Å². The first kappa shape index (κ1) is 10.3. The van der Waals surface area contributed by atoms with E-state index in [0.717, 1.165) is 19.4 Å².